The number of carboxylic acids is 1. The number of allylic oxidation sites excluding steroid dienone is 16. The second kappa shape index (κ2) is 79.9. The first-order valence-electron chi connectivity index (χ1n) is 42.4. The first kappa shape index (κ1) is 95.2. The van der Waals surface area contributed by atoms with E-state index >= 15 is 0 Å². The van der Waals surface area contributed by atoms with Crippen molar-refractivity contribution in [3.63, 3.8) is 0 Å². The van der Waals surface area contributed by atoms with E-state index in [4.69, 9.17) is 18.9 Å². The second-order valence-corrected chi connectivity index (χ2v) is 29.8. The maximum atomic E-state index is 13.0. The van der Waals surface area contributed by atoms with E-state index in [-0.39, 0.29) is 32.2 Å². The molecule has 9 heteroatoms. The van der Waals surface area contributed by atoms with Crippen LogP contribution in [0.2, 0.25) is 0 Å². The minimum atomic E-state index is -1.63. The fraction of sp³-hybridized carbons (Fsp3) is 0.789. The zero-order chi connectivity index (χ0) is 71.8. The molecule has 0 saturated carbocycles. The highest BCUT2D eigenvalue weighted by atomic mass is 16.7. The number of esters is 2. The van der Waals surface area contributed by atoms with Crippen molar-refractivity contribution in [1.82, 2.24) is 0 Å². The van der Waals surface area contributed by atoms with Crippen LogP contribution in [0.15, 0.2) is 97.2 Å². The van der Waals surface area contributed by atoms with Gasteiger partial charge in [-0.05, 0) is 77.0 Å². The summed E-state index contributed by atoms with van der Waals surface area (Å²) in [6.07, 6.45) is 108. The topological polar surface area (TPSA) is 111 Å². The standard InChI is InChI=1S/C90H161NO8/c1-6-8-10-12-14-16-18-20-22-24-26-28-30-32-34-36-38-40-42-44-46-48-50-52-54-56-58-60-62-64-66-68-70-72-74-76-78-80-87(92)97-84-86(85-98-90(89(94)95)96-83-82-91(3,4)5)99-88(93)81-79-77-75-73-71-69-67-65-63-61-59-57-55-53-51-49-47-45-43-41-39-37-35-33-31-29-27-25-23-21-19-17-15-13-11-9-7-2/h9,11,15,17,21,23,27,29,33,35,39,41,45,47,51,53,86,90H,6-8,10,12-14,16,18-20,22,24-26,28,30-32,34,36-38,40,42-44,46,48-50,52,54-85H2,1-5H3/b11-9-,17-15-,23-21-,29-27-,35-33-,41-39-,47-45-,53-51-. The Morgan fingerprint density at radius 2 is 0.576 bits per heavy atom. The average molecular weight is 1390 g/mol. The molecule has 0 aromatic carbocycles. The van der Waals surface area contributed by atoms with Crippen LogP contribution in [-0.2, 0) is 33.3 Å². The smallest absolute Gasteiger partial charge is 0.306 e. The molecule has 0 heterocycles. The zero-order valence-corrected chi connectivity index (χ0v) is 65.9. The van der Waals surface area contributed by atoms with E-state index in [1.807, 2.05) is 21.1 Å². The number of nitrogens with zero attached hydrogens (tertiary/aromatic N) is 1. The lowest BCUT2D eigenvalue weighted by Gasteiger charge is -2.26. The summed E-state index contributed by atoms with van der Waals surface area (Å²) in [6.45, 7) is 4.69. The molecule has 0 N–H and O–H groups in total. The summed E-state index contributed by atoms with van der Waals surface area (Å²) in [5, 5.41) is 11.9. The number of carbonyl (C=O) groups excluding carboxylic acids is 3. The van der Waals surface area contributed by atoms with Crippen molar-refractivity contribution in [2.24, 2.45) is 0 Å². The summed E-state index contributed by atoms with van der Waals surface area (Å²) in [5.74, 6) is -2.27. The van der Waals surface area contributed by atoms with Gasteiger partial charge in [0.05, 0.1) is 40.3 Å². The highest BCUT2D eigenvalue weighted by Crippen LogP contribution is 2.20. The molecular formula is C90H161NO8. The Balaban J connectivity index is 3.99. The van der Waals surface area contributed by atoms with E-state index in [9.17, 15) is 19.5 Å². The van der Waals surface area contributed by atoms with E-state index < -0.39 is 24.3 Å². The molecular weight excluding hydrogens is 1220 g/mol. The minimum absolute atomic E-state index is 0.146. The van der Waals surface area contributed by atoms with Gasteiger partial charge in [0.25, 0.3) is 0 Å². The zero-order valence-electron chi connectivity index (χ0n) is 65.9. The van der Waals surface area contributed by atoms with Crippen LogP contribution < -0.4 is 5.11 Å². The van der Waals surface area contributed by atoms with Crippen molar-refractivity contribution < 1.29 is 42.9 Å². The largest absolute Gasteiger partial charge is 0.545 e. The van der Waals surface area contributed by atoms with Gasteiger partial charge in [-0.25, -0.2) is 0 Å². The van der Waals surface area contributed by atoms with Gasteiger partial charge in [0.15, 0.2) is 12.4 Å². The number of aliphatic carboxylic acids is 1. The summed E-state index contributed by atoms with van der Waals surface area (Å²) in [5.41, 5.74) is 0. The molecule has 0 fully saturated rings. The Kier molecular flexibility index (Phi) is 76.8. The number of ether oxygens (including phenoxy) is 4. The van der Waals surface area contributed by atoms with Crippen molar-refractivity contribution in [2.75, 3.05) is 47.5 Å². The highest BCUT2D eigenvalue weighted by Gasteiger charge is 2.22. The van der Waals surface area contributed by atoms with E-state index in [2.05, 4.69) is 111 Å². The minimum Gasteiger partial charge on any atom is -0.545 e. The summed E-state index contributed by atoms with van der Waals surface area (Å²) in [4.78, 5) is 37.7. The second-order valence-electron chi connectivity index (χ2n) is 29.8. The van der Waals surface area contributed by atoms with Crippen LogP contribution in [0.5, 0.6) is 0 Å². The summed E-state index contributed by atoms with van der Waals surface area (Å²) < 4.78 is 22.9. The van der Waals surface area contributed by atoms with Crippen LogP contribution in [0.1, 0.15) is 399 Å². The van der Waals surface area contributed by atoms with E-state index in [0.29, 0.717) is 23.9 Å². The predicted molar refractivity (Wildman–Crippen MR) is 426 cm³/mol. The number of rotatable bonds is 79. The number of carboxylic acid groups (broad SMARTS) is 1. The van der Waals surface area contributed by atoms with Gasteiger partial charge in [0.1, 0.15) is 13.2 Å². The maximum Gasteiger partial charge on any atom is 0.306 e. The van der Waals surface area contributed by atoms with Gasteiger partial charge in [-0.2, -0.15) is 0 Å². The van der Waals surface area contributed by atoms with Crippen LogP contribution in [0, 0.1) is 0 Å². The van der Waals surface area contributed by atoms with Gasteiger partial charge in [-0.1, -0.05) is 406 Å². The number of carbonyl (C=O) groups is 3. The maximum absolute atomic E-state index is 13.0. The quantitative estimate of drug-likeness (QED) is 0.0195. The van der Waals surface area contributed by atoms with Crippen molar-refractivity contribution in [3.05, 3.63) is 97.2 Å². The molecule has 99 heavy (non-hydrogen) atoms. The highest BCUT2D eigenvalue weighted by molar-refractivity contribution is 5.70. The molecule has 9 nitrogen and oxygen atoms in total. The number of quaternary nitrogens is 1. The molecule has 0 aliphatic carbocycles. The summed E-state index contributed by atoms with van der Waals surface area (Å²) in [7, 11) is 5.94. The van der Waals surface area contributed by atoms with Crippen LogP contribution in [0.4, 0.5) is 0 Å². The normalized spacial score (nSPS) is 13.1. The lowest BCUT2D eigenvalue weighted by Crippen LogP contribution is -2.44. The number of hydrogen-bond donors (Lipinski definition) is 0. The Morgan fingerprint density at radius 1 is 0.313 bits per heavy atom. The number of unbranched alkanes of at least 4 members (excludes halogenated alkanes) is 48. The molecule has 574 valence electrons. The van der Waals surface area contributed by atoms with Crippen molar-refractivity contribution >= 4 is 17.9 Å². The van der Waals surface area contributed by atoms with Gasteiger partial charge < -0.3 is 33.3 Å². The predicted octanol–water partition coefficient (Wildman–Crippen LogP) is 26.2. The number of likely N-dealkylation sites (N-methyl/N-ethyl adjacent to an activating group) is 1. The van der Waals surface area contributed by atoms with Crippen molar-refractivity contribution in [2.45, 2.75) is 411 Å². The monoisotopic (exact) mass is 1380 g/mol. The van der Waals surface area contributed by atoms with Crippen LogP contribution in [0.3, 0.4) is 0 Å². The lowest BCUT2D eigenvalue weighted by atomic mass is 10.0. The molecule has 2 atom stereocenters. The molecule has 0 spiro atoms. The third-order valence-corrected chi connectivity index (χ3v) is 18.8. The average Bonchev–Trinajstić information content (AvgIpc) is 2.19. The van der Waals surface area contributed by atoms with Crippen molar-refractivity contribution in [1.29, 1.82) is 0 Å². The molecule has 0 radical (unpaired) electrons. The lowest BCUT2D eigenvalue weighted by molar-refractivity contribution is -0.870. The Hall–Kier alpha value is -3.79. The third-order valence-electron chi connectivity index (χ3n) is 18.8. The van der Waals surface area contributed by atoms with Gasteiger partial charge in [0, 0.05) is 12.8 Å². The van der Waals surface area contributed by atoms with Crippen LogP contribution in [0.25, 0.3) is 0 Å². The molecule has 0 aliphatic heterocycles. The fourth-order valence-corrected chi connectivity index (χ4v) is 12.4. The van der Waals surface area contributed by atoms with E-state index in [1.54, 1.807) is 0 Å². The summed E-state index contributed by atoms with van der Waals surface area (Å²) in [6, 6.07) is 0. The van der Waals surface area contributed by atoms with Crippen molar-refractivity contribution in [3.8, 4) is 0 Å². The van der Waals surface area contributed by atoms with Gasteiger partial charge in [-0.15, -0.1) is 0 Å². The Morgan fingerprint density at radius 3 is 0.859 bits per heavy atom. The number of hydrogen-bond acceptors (Lipinski definition) is 8. The third kappa shape index (κ3) is 81.4. The Bertz CT molecular complexity index is 1960. The molecule has 0 amide bonds. The fourth-order valence-electron chi connectivity index (χ4n) is 12.4. The molecule has 0 saturated heterocycles. The van der Waals surface area contributed by atoms with E-state index in [1.165, 1.54) is 276 Å². The molecule has 0 rings (SSSR count). The molecule has 2 unspecified atom stereocenters. The molecule has 0 aromatic rings. The van der Waals surface area contributed by atoms with E-state index in [0.717, 1.165) is 89.9 Å². The first-order valence-corrected chi connectivity index (χ1v) is 42.4. The van der Waals surface area contributed by atoms with Gasteiger partial charge in [-0.3, -0.25) is 9.59 Å². The first-order chi connectivity index (χ1) is 48.6. The van der Waals surface area contributed by atoms with Gasteiger partial charge in [0.2, 0.25) is 0 Å². The Labute approximate surface area is 613 Å². The molecule has 0 bridgehead atoms. The van der Waals surface area contributed by atoms with Crippen LogP contribution >= 0.6 is 0 Å². The molecule has 0 aliphatic rings. The summed E-state index contributed by atoms with van der Waals surface area (Å²) >= 11 is 0. The molecule has 0 aromatic heterocycles. The van der Waals surface area contributed by atoms with Crippen LogP contribution in [-0.4, -0.2) is 82.3 Å². The SMILES string of the molecule is CC/C=C\C/C=C\C/C=C\C/C=C\C/C=C\C/C=C\C/C=C\C/C=C\CCCCCCCCCCCCCCC(=O)OC(COC(=O)CCCCCCCCCCCCCCCCCCCCCCCCCCCCCCCCCCCCCCC)COC(OCC[N+](C)(C)C)C(=O)[O-]. The van der Waals surface area contributed by atoms with Gasteiger partial charge >= 0.3 is 11.9 Å².